The minimum atomic E-state index is -3.05. The topological polar surface area (TPSA) is 49.4 Å². The molecule has 0 radical (unpaired) electrons. The van der Waals surface area contributed by atoms with Crippen molar-refractivity contribution < 1.29 is 8.42 Å². The predicted octanol–water partition coefficient (Wildman–Crippen LogP) is 1.76. The molecule has 4 nitrogen and oxygen atoms in total. The molecule has 1 saturated heterocycles. The van der Waals surface area contributed by atoms with Gasteiger partial charge in [0, 0.05) is 12.6 Å². The zero-order valence-electron chi connectivity index (χ0n) is 11.4. The van der Waals surface area contributed by atoms with Gasteiger partial charge in [-0.1, -0.05) is 30.3 Å². The Kier molecular flexibility index (Phi) is 4.96. The molecular weight excluding hydrogens is 260 g/mol. The largest absolute Gasteiger partial charge is 0.296 e. The second-order valence-corrected chi connectivity index (χ2v) is 6.96. The lowest BCUT2D eigenvalue weighted by Gasteiger charge is -2.24. The third-order valence-electron chi connectivity index (χ3n) is 3.53. The highest BCUT2D eigenvalue weighted by molar-refractivity contribution is 7.88. The van der Waals surface area contributed by atoms with Crippen molar-refractivity contribution in [1.82, 2.24) is 9.62 Å². The van der Waals surface area contributed by atoms with Gasteiger partial charge in [0.2, 0.25) is 10.0 Å². The van der Waals surface area contributed by atoms with Gasteiger partial charge in [-0.3, -0.25) is 4.90 Å². The Bertz CT molecular complexity index is 487. The summed E-state index contributed by atoms with van der Waals surface area (Å²) in [4.78, 5) is 2.46. The number of hydrogen-bond donors (Lipinski definition) is 1. The summed E-state index contributed by atoms with van der Waals surface area (Å²) in [5, 5.41) is 0. The SMILES string of the molecule is CS(=O)(=O)NCCCN1CCC[C@H]1c1ccccc1. The smallest absolute Gasteiger partial charge is 0.208 e. The molecule has 0 unspecified atom stereocenters. The maximum absolute atomic E-state index is 11.0. The fraction of sp³-hybridized carbons (Fsp3) is 0.571. The molecule has 0 aromatic heterocycles. The van der Waals surface area contributed by atoms with E-state index in [0.717, 1.165) is 19.5 Å². The van der Waals surface area contributed by atoms with Gasteiger partial charge in [-0.05, 0) is 37.9 Å². The Morgan fingerprint density at radius 1 is 1.32 bits per heavy atom. The quantitative estimate of drug-likeness (QED) is 0.809. The van der Waals surface area contributed by atoms with Crippen LogP contribution in [-0.4, -0.2) is 39.2 Å². The van der Waals surface area contributed by atoms with Crippen LogP contribution in [0.25, 0.3) is 0 Å². The molecular formula is C14H22N2O2S. The molecule has 1 atom stereocenters. The first kappa shape index (κ1) is 14.5. The van der Waals surface area contributed by atoms with E-state index in [9.17, 15) is 8.42 Å². The molecule has 1 aliphatic heterocycles. The van der Waals surface area contributed by atoms with E-state index < -0.39 is 10.0 Å². The molecule has 0 bridgehead atoms. The Morgan fingerprint density at radius 3 is 2.74 bits per heavy atom. The minimum Gasteiger partial charge on any atom is -0.296 e. The average molecular weight is 282 g/mol. The van der Waals surface area contributed by atoms with E-state index >= 15 is 0 Å². The van der Waals surface area contributed by atoms with E-state index in [1.165, 1.54) is 24.7 Å². The van der Waals surface area contributed by atoms with Gasteiger partial charge in [-0.25, -0.2) is 13.1 Å². The van der Waals surface area contributed by atoms with Crippen LogP contribution in [0.15, 0.2) is 30.3 Å². The van der Waals surface area contributed by atoms with Crippen LogP contribution in [-0.2, 0) is 10.0 Å². The number of benzene rings is 1. The van der Waals surface area contributed by atoms with E-state index in [1.54, 1.807) is 0 Å². The normalized spacial score (nSPS) is 20.8. The summed E-state index contributed by atoms with van der Waals surface area (Å²) in [5.74, 6) is 0. The predicted molar refractivity (Wildman–Crippen MR) is 77.5 cm³/mol. The lowest BCUT2D eigenvalue weighted by atomic mass is 10.0. The lowest BCUT2D eigenvalue weighted by molar-refractivity contribution is 0.254. The molecule has 1 aromatic rings. The number of hydrogen-bond acceptors (Lipinski definition) is 3. The third kappa shape index (κ3) is 4.60. The number of rotatable bonds is 6. The minimum absolute atomic E-state index is 0.499. The average Bonchev–Trinajstić information content (AvgIpc) is 2.83. The molecule has 1 fully saturated rings. The molecule has 106 valence electrons. The van der Waals surface area contributed by atoms with Crippen molar-refractivity contribution in [1.29, 1.82) is 0 Å². The molecule has 0 saturated carbocycles. The highest BCUT2D eigenvalue weighted by atomic mass is 32.2. The van der Waals surface area contributed by atoms with Gasteiger partial charge in [0.25, 0.3) is 0 Å². The van der Waals surface area contributed by atoms with Gasteiger partial charge < -0.3 is 0 Å². The maximum atomic E-state index is 11.0. The Labute approximate surface area is 115 Å². The fourth-order valence-electron chi connectivity index (χ4n) is 2.69. The Hall–Kier alpha value is -0.910. The Morgan fingerprint density at radius 2 is 2.05 bits per heavy atom. The van der Waals surface area contributed by atoms with Crippen LogP contribution < -0.4 is 4.72 Å². The van der Waals surface area contributed by atoms with Gasteiger partial charge in [0.15, 0.2) is 0 Å². The molecule has 19 heavy (non-hydrogen) atoms. The van der Waals surface area contributed by atoms with E-state index in [0.29, 0.717) is 12.6 Å². The maximum Gasteiger partial charge on any atom is 0.208 e. The van der Waals surface area contributed by atoms with Gasteiger partial charge in [0.05, 0.1) is 6.26 Å². The van der Waals surface area contributed by atoms with Gasteiger partial charge in [-0.15, -0.1) is 0 Å². The highest BCUT2D eigenvalue weighted by Gasteiger charge is 2.24. The lowest BCUT2D eigenvalue weighted by Crippen LogP contribution is -2.29. The van der Waals surface area contributed by atoms with Crippen LogP contribution in [0.5, 0.6) is 0 Å². The van der Waals surface area contributed by atoms with Crippen molar-refractivity contribution in [3.8, 4) is 0 Å². The first-order valence-corrected chi connectivity index (χ1v) is 8.69. The van der Waals surface area contributed by atoms with Crippen LogP contribution in [0.3, 0.4) is 0 Å². The van der Waals surface area contributed by atoms with E-state index in [2.05, 4.69) is 33.9 Å². The van der Waals surface area contributed by atoms with Crippen molar-refractivity contribution in [2.24, 2.45) is 0 Å². The van der Waals surface area contributed by atoms with Crippen LogP contribution in [0.1, 0.15) is 30.9 Å². The first-order chi connectivity index (χ1) is 9.06. The second kappa shape index (κ2) is 6.50. The van der Waals surface area contributed by atoms with E-state index in [-0.39, 0.29) is 0 Å². The molecule has 0 amide bonds. The van der Waals surface area contributed by atoms with Crippen molar-refractivity contribution in [2.45, 2.75) is 25.3 Å². The summed E-state index contributed by atoms with van der Waals surface area (Å²) in [6.07, 6.45) is 4.48. The summed E-state index contributed by atoms with van der Waals surface area (Å²) < 4.78 is 24.5. The van der Waals surface area contributed by atoms with Gasteiger partial charge >= 0.3 is 0 Å². The van der Waals surface area contributed by atoms with E-state index in [1.807, 2.05) is 6.07 Å². The van der Waals surface area contributed by atoms with Crippen LogP contribution >= 0.6 is 0 Å². The summed E-state index contributed by atoms with van der Waals surface area (Å²) in [5.41, 5.74) is 1.37. The number of nitrogens with one attached hydrogen (secondary N) is 1. The van der Waals surface area contributed by atoms with Crippen LogP contribution in [0, 0.1) is 0 Å². The monoisotopic (exact) mass is 282 g/mol. The van der Waals surface area contributed by atoms with Gasteiger partial charge in [-0.2, -0.15) is 0 Å². The number of sulfonamides is 1. The van der Waals surface area contributed by atoms with Crippen LogP contribution in [0.4, 0.5) is 0 Å². The molecule has 1 aromatic carbocycles. The molecule has 1 aliphatic rings. The second-order valence-electron chi connectivity index (χ2n) is 5.12. The molecule has 2 rings (SSSR count). The molecule has 1 heterocycles. The zero-order valence-corrected chi connectivity index (χ0v) is 12.2. The first-order valence-electron chi connectivity index (χ1n) is 6.80. The van der Waals surface area contributed by atoms with Crippen molar-refractivity contribution in [3.63, 3.8) is 0 Å². The summed E-state index contributed by atoms with van der Waals surface area (Å²) in [6.45, 7) is 2.58. The molecule has 1 N–H and O–H groups in total. The van der Waals surface area contributed by atoms with Gasteiger partial charge in [0.1, 0.15) is 0 Å². The summed E-state index contributed by atoms with van der Waals surface area (Å²) in [7, 11) is -3.05. The van der Waals surface area contributed by atoms with Crippen LogP contribution in [0.2, 0.25) is 0 Å². The van der Waals surface area contributed by atoms with E-state index in [4.69, 9.17) is 0 Å². The van der Waals surface area contributed by atoms with Crippen molar-refractivity contribution >= 4 is 10.0 Å². The number of nitrogens with zero attached hydrogens (tertiary/aromatic N) is 1. The Balaban J connectivity index is 1.83. The highest BCUT2D eigenvalue weighted by Crippen LogP contribution is 2.31. The molecule has 5 heteroatoms. The van der Waals surface area contributed by atoms with Crippen molar-refractivity contribution in [3.05, 3.63) is 35.9 Å². The fourth-order valence-corrected chi connectivity index (χ4v) is 3.20. The third-order valence-corrected chi connectivity index (χ3v) is 4.26. The van der Waals surface area contributed by atoms with Crippen molar-refractivity contribution in [2.75, 3.05) is 25.9 Å². The number of likely N-dealkylation sites (tertiary alicyclic amines) is 1. The summed E-state index contributed by atoms with van der Waals surface area (Å²) >= 11 is 0. The summed E-state index contributed by atoms with van der Waals surface area (Å²) in [6, 6.07) is 11.1. The molecule has 0 aliphatic carbocycles. The zero-order chi connectivity index (χ0) is 13.7. The standard InChI is InChI=1S/C14H22N2O2S/c1-19(17,18)15-10-6-12-16-11-5-9-14(16)13-7-3-2-4-8-13/h2-4,7-8,14-15H,5-6,9-12H2,1H3/t14-/m0/s1. The molecule has 0 spiro atoms.